The quantitative estimate of drug-likeness (QED) is 0.576. The normalized spacial score (nSPS) is 9.44. The van der Waals surface area contributed by atoms with E-state index < -0.39 is 0 Å². The van der Waals surface area contributed by atoms with Gasteiger partial charge in [-0.2, -0.15) is 0 Å². The van der Waals surface area contributed by atoms with Gasteiger partial charge in [0.05, 0.1) is 4.88 Å². The minimum absolute atomic E-state index is 0.488. The Kier molecular flexibility index (Phi) is 1.89. The largest absolute Gasteiger partial charge is 0.296 e. The minimum Gasteiger partial charge on any atom is -0.296 e. The van der Waals surface area contributed by atoms with E-state index in [4.69, 9.17) is 0 Å². The van der Waals surface area contributed by atoms with Crippen LogP contribution < -0.4 is 0 Å². The third kappa shape index (κ3) is 1.13. The standard InChI is InChI=1S/C5H6N2OS/c1-2-5-4(3-8)6-7-9-5/h3H,2H2,1H3. The van der Waals surface area contributed by atoms with Crippen molar-refractivity contribution in [2.24, 2.45) is 0 Å². The van der Waals surface area contributed by atoms with Crippen molar-refractivity contribution in [2.75, 3.05) is 0 Å². The van der Waals surface area contributed by atoms with Gasteiger partial charge in [0.15, 0.2) is 6.29 Å². The number of carbonyl (C=O) groups is 1. The Morgan fingerprint density at radius 1 is 1.78 bits per heavy atom. The van der Waals surface area contributed by atoms with Crippen LogP contribution in [0.1, 0.15) is 22.3 Å². The Hall–Kier alpha value is -0.770. The molecule has 4 heteroatoms. The zero-order valence-electron chi connectivity index (χ0n) is 5.00. The van der Waals surface area contributed by atoms with E-state index in [0.29, 0.717) is 5.69 Å². The van der Waals surface area contributed by atoms with Crippen LogP contribution in [0.4, 0.5) is 0 Å². The van der Waals surface area contributed by atoms with Crippen molar-refractivity contribution in [2.45, 2.75) is 13.3 Å². The first-order valence-electron chi connectivity index (χ1n) is 2.65. The maximum Gasteiger partial charge on any atom is 0.171 e. The lowest BCUT2D eigenvalue weighted by atomic mass is 10.3. The van der Waals surface area contributed by atoms with Crippen LogP contribution in [-0.4, -0.2) is 15.9 Å². The number of carbonyl (C=O) groups excluding carboxylic acids is 1. The van der Waals surface area contributed by atoms with Crippen molar-refractivity contribution in [3.05, 3.63) is 10.6 Å². The van der Waals surface area contributed by atoms with Gasteiger partial charge in [0.25, 0.3) is 0 Å². The first kappa shape index (κ1) is 6.35. The summed E-state index contributed by atoms with van der Waals surface area (Å²) in [6.45, 7) is 1.97. The predicted octanol–water partition coefficient (Wildman–Crippen LogP) is 0.913. The van der Waals surface area contributed by atoms with E-state index in [1.165, 1.54) is 11.5 Å². The van der Waals surface area contributed by atoms with Gasteiger partial charge in [0, 0.05) is 0 Å². The second-order valence-electron chi connectivity index (χ2n) is 1.55. The van der Waals surface area contributed by atoms with Gasteiger partial charge in [-0.1, -0.05) is 11.4 Å². The maximum atomic E-state index is 10.2. The third-order valence-electron chi connectivity index (χ3n) is 1.02. The number of aryl methyl sites for hydroxylation is 1. The number of aromatic nitrogens is 2. The summed E-state index contributed by atoms with van der Waals surface area (Å²) < 4.78 is 3.62. The van der Waals surface area contributed by atoms with Crippen molar-refractivity contribution < 1.29 is 4.79 Å². The lowest BCUT2D eigenvalue weighted by molar-refractivity contribution is 0.111. The van der Waals surface area contributed by atoms with E-state index in [2.05, 4.69) is 9.59 Å². The van der Waals surface area contributed by atoms with Crippen LogP contribution in [0.5, 0.6) is 0 Å². The second kappa shape index (κ2) is 2.68. The summed E-state index contributed by atoms with van der Waals surface area (Å²) >= 11 is 1.28. The molecule has 1 aromatic rings. The monoisotopic (exact) mass is 142 g/mol. The number of hydrogen-bond donors (Lipinski definition) is 0. The van der Waals surface area contributed by atoms with Crippen LogP contribution in [0.15, 0.2) is 0 Å². The zero-order chi connectivity index (χ0) is 6.69. The molecule has 1 heterocycles. The van der Waals surface area contributed by atoms with E-state index in [-0.39, 0.29) is 0 Å². The van der Waals surface area contributed by atoms with Gasteiger partial charge in [-0.05, 0) is 18.0 Å². The van der Waals surface area contributed by atoms with Crippen LogP contribution in [0.2, 0.25) is 0 Å². The molecular formula is C5H6N2OS. The fourth-order valence-electron chi connectivity index (χ4n) is 0.551. The first-order valence-corrected chi connectivity index (χ1v) is 3.42. The lowest BCUT2D eigenvalue weighted by Gasteiger charge is -1.82. The molecule has 9 heavy (non-hydrogen) atoms. The van der Waals surface area contributed by atoms with Gasteiger partial charge in [-0.25, -0.2) is 0 Å². The number of nitrogens with zero attached hydrogens (tertiary/aromatic N) is 2. The van der Waals surface area contributed by atoms with Crippen molar-refractivity contribution >= 4 is 17.8 Å². The van der Waals surface area contributed by atoms with Crippen LogP contribution in [0.3, 0.4) is 0 Å². The summed E-state index contributed by atoms with van der Waals surface area (Å²) in [6.07, 6.45) is 1.58. The molecule has 0 aromatic carbocycles. The molecule has 0 aliphatic heterocycles. The van der Waals surface area contributed by atoms with Gasteiger partial charge in [-0.15, -0.1) is 5.10 Å². The van der Waals surface area contributed by atoms with Crippen molar-refractivity contribution in [1.82, 2.24) is 9.59 Å². The molecule has 0 saturated heterocycles. The molecule has 0 N–H and O–H groups in total. The summed E-state index contributed by atoms with van der Waals surface area (Å²) in [5.74, 6) is 0. The molecule has 0 saturated carbocycles. The van der Waals surface area contributed by atoms with Gasteiger partial charge in [0.1, 0.15) is 5.69 Å². The van der Waals surface area contributed by atoms with Crippen LogP contribution in [-0.2, 0) is 6.42 Å². The Balaban J connectivity index is 2.98. The summed E-state index contributed by atoms with van der Waals surface area (Å²) in [4.78, 5) is 11.1. The highest BCUT2D eigenvalue weighted by Gasteiger charge is 2.01. The predicted molar refractivity (Wildman–Crippen MR) is 34.7 cm³/mol. The zero-order valence-corrected chi connectivity index (χ0v) is 5.81. The number of aldehydes is 1. The van der Waals surface area contributed by atoms with Crippen molar-refractivity contribution in [1.29, 1.82) is 0 Å². The summed E-state index contributed by atoms with van der Waals surface area (Å²) in [5.41, 5.74) is 0.488. The average molecular weight is 142 g/mol. The molecular weight excluding hydrogens is 136 g/mol. The molecule has 3 nitrogen and oxygen atoms in total. The Bertz CT molecular complexity index is 208. The van der Waals surface area contributed by atoms with Crippen LogP contribution >= 0.6 is 11.5 Å². The highest BCUT2D eigenvalue weighted by Crippen LogP contribution is 2.07. The molecule has 1 rings (SSSR count). The molecule has 0 spiro atoms. The van der Waals surface area contributed by atoms with Crippen molar-refractivity contribution in [3.8, 4) is 0 Å². The molecule has 0 fully saturated rings. The fourth-order valence-corrected chi connectivity index (χ4v) is 1.09. The average Bonchev–Trinajstić information content (AvgIpc) is 2.33. The van der Waals surface area contributed by atoms with Gasteiger partial charge >= 0.3 is 0 Å². The SMILES string of the molecule is CCc1snnc1C=O. The third-order valence-corrected chi connectivity index (χ3v) is 1.90. The number of rotatable bonds is 2. The van der Waals surface area contributed by atoms with E-state index in [1.807, 2.05) is 6.92 Å². The Labute approximate surface area is 56.9 Å². The topological polar surface area (TPSA) is 42.9 Å². The Morgan fingerprint density at radius 2 is 2.56 bits per heavy atom. The van der Waals surface area contributed by atoms with E-state index in [1.54, 1.807) is 0 Å². The molecule has 48 valence electrons. The van der Waals surface area contributed by atoms with Gasteiger partial charge < -0.3 is 0 Å². The molecule has 0 bridgehead atoms. The molecule has 0 aliphatic rings. The van der Waals surface area contributed by atoms with Gasteiger partial charge in [0.2, 0.25) is 0 Å². The molecule has 0 radical (unpaired) electrons. The van der Waals surface area contributed by atoms with E-state index in [9.17, 15) is 4.79 Å². The van der Waals surface area contributed by atoms with Crippen molar-refractivity contribution in [3.63, 3.8) is 0 Å². The highest BCUT2D eigenvalue weighted by molar-refractivity contribution is 7.05. The summed E-state index contributed by atoms with van der Waals surface area (Å²) in [7, 11) is 0. The molecule has 0 aliphatic carbocycles. The summed E-state index contributed by atoms with van der Waals surface area (Å²) in [5, 5.41) is 3.61. The summed E-state index contributed by atoms with van der Waals surface area (Å²) in [6, 6.07) is 0. The lowest BCUT2D eigenvalue weighted by Crippen LogP contribution is -1.84. The van der Waals surface area contributed by atoms with E-state index in [0.717, 1.165) is 17.6 Å². The maximum absolute atomic E-state index is 10.2. The molecule has 1 aromatic heterocycles. The molecule has 0 amide bonds. The Morgan fingerprint density at radius 3 is 3.00 bits per heavy atom. The smallest absolute Gasteiger partial charge is 0.171 e. The molecule has 0 unspecified atom stereocenters. The minimum atomic E-state index is 0.488. The van der Waals surface area contributed by atoms with Gasteiger partial charge in [-0.3, -0.25) is 4.79 Å². The second-order valence-corrected chi connectivity index (χ2v) is 2.39. The van der Waals surface area contributed by atoms with Crippen LogP contribution in [0, 0.1) is 0 Å². The first-order chi connectivity index (χ1) is 4.38. The molecule has 0 atom stereocenters. The number of hydrogen-bond acceptors (Lipinski definition) is 4. The van der Waals surface area contributed by atoms with E-state index >= 15 is 0 Å². The fraction of sp³-hybridized carbons (Fsp3) is 0.400. The van der Waals surface area contributed by atoms with Crippen LogP contribution in [0.25, 0.3) is 0 Å². The highest BCUT2D eigenvalue weighted by atomic mass is 32.1.